The van der Waals surface area contributed by atoms with Gasteiger partial charge in [-0.1, -0.05) is 6.42 Å². The number of hydrogen-bond acceptors (Lipinski definition) is 5. The monoisotopic (exact) mass is 255 g/mol. The first-order valence-corrected chi connectivity index (χ1v) is 6.29. The highest BCUT2D eigenvalue weighted by atomic mass is 35.5. The van der Waals surface area contributed by atoms with Crippen molar-refractivity contribution in [1.82, 2.24) is 15.0 Å². The van der Waals surface area contributed by atoms with Crippen molar-refractivity contribution in [1.29, 1.82) is 0 Å². The maximum Gasteiger partial charge on any atom is 0.230 e. The summed E-state index contributed by atoms with van der Waals surface area (Å²) in [6.07, 6.45) is 3.90. The van der Waals surface area contributed by atoms with Crippen molar-refractivity contribution in [3.05, 3.63) is 5.28 Å². The van der Waals surface area contributed by atoms with Gasteiger partial charge in [-0.3, -0.25) is 0 Å². The molecule has 1 saturated carbocycles. The maximum absolute atomic E-state index is 5.88. The number of hydrogen-bond donors (Lipinski definition) is 1. The smallest absolute Gasteiger partial charge is 0.230 e. The third-order valence-electron chi connectivity index (χ3n) is 3.21. The Bertz CT molecular complexity index is 391. The quantitative estimate of drug-likeness (QED) is 0.894. The van der Waals surface area contributed by atoms with Crippen molar-refractivity contribution in [2.75, 3.05) is 24.3 Å². The van der Waals surface area contributed by atoms with Gasteiger partial charge >= 0.3 is 0 Å². The second-order valence-corrected chi connectivity index (χ2v) is 5.08. The summed E-state index contributed by atoms with van der Waals surface area (Å²) in [6, 6.07) is 0.386. The Morgan fingerprint density at radius 2 is 2.00 bits per heavy atom. The van der Waals surface area contributed by atoms with Crippen molar-refractivity contribution < 1.29 is 0 Å². The SMILES string of the molecule is CC(Nc1nc(Cl)nc(N(C)C)n1)C1CCC1. The molecule has 0 amide bonds. The summed E-state index contributed by atoms with van der Waals surface area (Å²) in [4.78, 5) is 14.3. The van der Waals surface area contributed by atoms with E-state index in [2.05, 4.69) is 27.2 Å². The third-order valence-corrected chi connectivity index (χ3v) is 3.38. The van der Waals surface area contributed by atoms with E-state index in [1.807, 2.05) is 19.0 Å². The lowest BCUT2D eigenvalue weighted by molar-refractivity contribution is 0.284. The van der Waals surface area contributed by atoms with Crippen LogP contribution in [-0.4, -0.2) is 35.1 Å². The van der Waals surface area contributed by atoms with Gasteiger partial charge in [0.2, 0.25) is 17.2 Å². The first kappa shape index (κ1) is 12.4. The Kier molecular flexibility index (Phi) is 3.66. The molecule has 1 unspecified atom stereocenters. The lowest BCUT2D eigenvalue weighted by atomic mass is 9.80. The van der Waals surface area contributed by atoms with Crippen LogP contribution in [0.2, 0.25) is 5.28 Å². The topological polar surface area (TPSA) is 53.9 Å². The van der Waals surface area contributed by atoms with E-state index >= 15 is 0 Å². The highest BCUT2D eigenvalue weighted by Crippen LogP contribution is 2.30. The van der Waals surface area contributed by atoms with E-state index in [0.717, 1.165) is 5.92 Å². The van der Waals surface area contributed by atoms with Crippen LogP contribution in [0.25, 0.3) is 0 Å². The van der Waals surface area contributed by atoms with Crippen LogP contribution in [0.15, 0.2) is 0 Å². The van der Waals surface area contributed by atoms with Crippen molar-refractivity contribution in [3.8, 4) is 0 Å². The Hall–Kier alpha value is -1.10. The zero-order valence-electron chi connectivity index (χ0n) is 10.4. The summed E-state index contributed by atoms with van der Waals surface area (Å²) in [5, 5.41) is 3.54. The molecule has 0 saturated heterocycles. The van der Waals surface area contributed by atoms with Gasteiger partial charge in [-0.15, -0.1) is 0 Å². The molecule has 1 heterocycles. The molecular weight excluding hydrogens is 238 g/mol. The number of nitrogens with one attached hydrogen (secondary N) is 1. The molecule has 17 heavy (non-hydrogen) atoms. The average molecular weight is 256 g/mol. The fraction of sp³-hybridized carbons (Fsp3) is 0.727. The molecule has 0 bridgehead atoms. The van der Waals surface area contributed by atoms with Crippen molar-refractivity contribution in [2.24, 2.45) is 5.92 Å². The highest BCUT2D eigenvalue weighted by Gasteiger charge is 2.24. The maximum atomic E-state index is 5.88. The number of halogens is 1. The molecule has 1 aromatic rings. The van der Waals surface area contributed by atoms with Gasteiger partial charge in [0.15, 0.2) is 0 Å². The van der Waals surface area contributed by atoms with E-state index in [4.69, 9.17) is 11.6 Å². The molecule has 2 rings (SSSR count). The van der Waals surface area contributed by atoms with Crippen LogP contribution in [0.3, 0.4) is 0 Å². The summed E-state index contributed by atoms with van der Waals surface area (Å²) in [7, 11) is 3.76. The van der Waals surface area contributed by atoms with E-state index < -0.39 is 0 Å². The first-order valence-electron chi connectivity index (χ1n) is 5.91. The van der Waals surface area contributed by atoms with E-state index in [-0.39, 0.29) is 5.28 Å². The molecule has 1 fully saturated rings. The minimum atomic E-state index is 0.229. The molecule has 0 spiro atoms. The molecule has 0 aliphatic heterocycles. The Morgan fingerprint density at radius 3 is 2.53 bits per heavy atom. The summed E-state index contributed by atoms with van der Waals surface area (Å²) < 4.78 is 0. The zero-order valence-corrected chi connectivity index (χ0v) is 11.2. The number of rotatable bonds is 4. The predicted molar refractivity (Wildman–Crippen MR) is 69.6 cm³/mol. The van der Waals surface area contributed by atoms with Gasteiger partial charge < -0.3 is 10.2 Å². The fourth-order valence-electron chi connectivity index (χ4n) is 1.87. The number of nitrogens with zero attached hydrogens (tertiary/aromatic N) is 4. The molecule has 1 atom stereocenters. The van der Waals surface area contributed by atoms with Crippen LogP contribution in [0.4, 0.5) is 11.9 Å². The Morgan fingerprint density at radius 1 is 1.29 bits per heavy atom. The van der Waals surface area contributed by atoms with Crippen LogP contribution < -0.4 is 10.2 Å². The Balaban J connectivity index is 2.08. The second-order valence-electron chi connectivity index (χ2n) is 4.75. The molecule has 94 valence electrons. The van der Waals surface area contributed by atoms with E-state index in [9.17, 15) is 0 Å². The van der Waals surface area contributed by atoms with Gasteiger partial charge in [-0.25, -0.2) is 0 Å². The lowest BCUT2D eigenvalue weighted by Crippen LogP contribution is -2.31. The zero-order chi connectivity index (χ0) is 12.4. The molecule has 0 radical (unpaired) electrons. The molecule has 1 aliphatic carbocycles. The highest BCUT2D eigenvalue weighted by molar-refractivity contribution is 6.28. The molecule has 1 aromatic heterocycles. The summed E-state index contributed by atoms with van der Waals surface area (Å²) in [5.41, 5.74) is 0. The van der Waals surface area contributed by atoms with Crippen molar-refractivity contribution in [2.45, 2.75) is 32.2 Å². The van der Waals surface area contributed by atoms with Crippen LogP contribution >= 0.6 is 11.6 Å². The van der Waals surface area contributed by atoms with E-state index in [1.165, 1.54) is 19.3 Å². The first-order chi connectivity index (χ1) is 8.06. The fourth-order valence-corrected chi connectivity index (χ4v) is 2.02. The normalized spacial score (nSPS) is 17.4. The molecule has 1 aliphatic rings. The summed E-state index contributed by atoms with van der Waals surface area (Å²) in [6.45, 7) is 2.16. The lowest BCUT2D eigenvalue weighted by Gasteiger charge is -2.31. The van der Waals surface area contributed by atoms with E-state index in [1.54, 1.807) is 0 Å². The van der Waals surface area contributed by atoms with Crippen LogP contribution in [0.1, 0.15) is 26.2 Å². The molecule has 1 N–H and O–H groups in total. The minimum absolute atomic E-state index is 0.229. The summed E-state index contributed by atoms with van der Waals surface area (Å²) in [5.74, 6) is 1.87. The van der Waals surface area contributed by atoms with Gasteiger partial charge in [-0.05, 0) is 37.3 Å². The largest absolute Gasteiger partial charge is 0.351 e. The molecular formula is C11H18ClN5. The van der Waals surface area contributed by atoms with Crippen molar-refractivity contribution >= 4 is 23.5 Å². The third kappa shape index (κ3) is 2.97. The standard InChI is InChI=1S/C11H18ClN5/c1-7(8-5-4-6-8)13-10-14-9(12)15-11(16-10)17(2)3/h7-8H,4-6H2,1-3H3,(H,13,14,15,16). The molecule has 5 nitrogen and oxygen atoms in total. The van der Waals surface area contributed by atoms with Gasteiger partial charge in [0.1, 0.15) is 0 Å². The van der Waals surface area contributed by atoms with Gasteiger partial charge in [0.25, 0.3) is 0 Å². The predicted octanol–water partition coefficient (Wildman–Crippen LogP) is 2.19. The van der Waals surface area contributed by atoms with Crippen LogP contribution in [0.5, 0.6) is 0 Å². The van der Waals surface area contributed by atoms with Crippen LogP contribution in [0, 0.1) is 5.92 Å². The van der Waals surface area contributed by atoms with E-state index in [0.29, 0.717) is 17.9 Å². The minimum Gasteiger partial charge on any atom is -0.351 e. The van der Waals surface area contributed by atoms with Gasteiger partial charge in [0, 0.05) is 20.1 Å². The average Bonchev–Trinajstić information content (AvgIpc) is 2.13. The van der Waals surface area contributed by atoms with Crippen LogP contribution in [-0.2, 0) is 0 Å². The Labute approximate surface area is 107 Å². The van der Waals surface area contributed by atoms with Crippen molar-refractivity contribution in [3.63, 3.8) is 0 Å². The number of aromatic nitrogens is 3. The van der Waals surface area contributed by atoms with Gasteiger partial charge in [-0.2, -0.15) is 15.0 Å². The summed E-state index contributed by atoms with van der Waals surface area (Å²) >= 11 is 5.88. The molecule has 6 heteroatoms. The second kappa shape index (κ2) is 5.04. The molecule has 0 aromatic carbocycles. The number of anilines is 2. The van der Waals surface area contributed by atoms with Gasteiger partial charge in [0.05, 0.1) is 0 Å².